The molecule has 1 aromatic carbocycles. The highest BCUT2D eigenvalue weighted by Gasteiger charge is 2.39. The fraction of sp³-hybridized carbons (Fsp3) is 0.650. The van der Waals surface area contributed by atoms with Crippen molar-refractivity contribution in [2.24, 2.45) is 0 Å². The first-order valence-electron chi connectivity index (χ1n) is 9.83. The van der Waals surface area contributed by atoms with E-state index in [1.165, 1.54) is 0 Å². The number of carbonyl (C=O) groups excluding carboxylic acids is 1. The topological polar surface area (TPSA) is 84.5 Å². The first-order valence-corrected chi connectivity index (χ1v) is 11.5. The molecule has 1 amide bonds. The van der Waals surface area contributed by atoms with Gasteiger partial charge in [0, 0.05) is 12.8 Å². The Kier molecular flexibility index (Phi) is 8.30. The van der Waals surface area contributed by atoms with Crippen LogP contribution in [-0.4, -0.2) is 45.4 Å². The lowest BCUT2D eigenvalue weighted by Gasteiger charge is -2.34. The standard InChI is InChI=1S/C20H30N2O4S.ClH/c1-26-20(10-12-21-13-11-20)19(23)22-17-7-5-6-16(14-17)15-27(24,25)18-8-3-2-4-9-18;/h5-7,14,18,21H,2-4,8-13,15H2,1H3,(H,22,23);1H. The minimum atomic E-state index is -3.16. The zero-order valence-corrected chi connectivity index (χ0v) is 18.0. The summed E-state index contributed by atoms with van der Waals surface area (Å²) in [5.74, 6) is -0.139. The third-order valence-corrected chi connectivity index (χ3v) is 8.05. The van der Waals surface area contributed by atoms with E-state index in [0.717, 1.165) is 50.8 Å². The summed E-state index contributed by atoms with van der Waals surface area (Å²) in [6.45, 7) is 1.47. The molecule has 0 radical (unpaired) electrons. The SMILES string of the molecule is COC1(C(=O)Nc2cccc(CS(=O)(=O)C3CCCCC3)c2)CCNCC1.Cl. The molecule has 0 atom stereocenters. The average molecular weight is 431 g/mol. The van der Waals surface area contributed by atoms with Crippen molar-refractivity contribution in [3.63, 3.8) is 0 Å². The third kappa shape index (κ3) is 5.47. The molecule has 2 aliphatic rings. The van der Waals surface area contributed by atoms with Crippen molar-refractivity contribution in [3.8, 4) is 0 Å². The molecule has 28 heavy (non-hydrogen) atoms. The van der Waals surface area contributed by atoms with Gasteiger partial charge in [-0.25, -0.2) is 8.42 Å². The van der Waals surface area contributed by atoms with Crippen LogP contribution in [0, 0.1) is 0 Å². The fourth-order valence-corrected chi connectivity index (χ4v) is 6.04. The van der Waals surface area contributed by atoms with Crippen molar-refractivity contribution in [1.82, 2.24) is 5.32 Å². The lowest BCUT2D eigenvalue weighted by molar-refractivity contribution is -0.140. The summed E-state index contributed by atoms with van der Waals surface area (Å²) < 4.78 is 31.0. The number of sulfone groups is 1. The number of rotatable bonds is 6. The Hall–Kier alpha value is -1.15. The van der Waals surface area contributed by atoms with E-state index >= 15 is 0 Å². The molecule has 2 fully saturated rings. The molecule has 1 aliphatic heterocycles. The zero-order valence-electron chi connectivity index (χ0n) is 16.4. The Morgan fingerprint density at radius 1 is 1.21 bits per heavy atom. The molecule has 0 unspecified atom stereocenters. The van der Waals surface area contributed by atoms with Gasteiger partial charge >= 0.3 is 0 Å². The highest BCUT2D eigenvalue weighted by atomic mass is 35.5. The van der Waals surface area contributed by atoms with E-state index in [2.05, 4.69) is 10.6 Å². The van der Waals surface area contributed by atoms with Crippen molar-refractivity contribution in [3.05, 3.63) is 29.8 Å². The third-order valence-electron chi connectivity index (χ3n) is 5.83. The van der Waals surface area contributed by atoms with Crippen LogP contribution < -0.4 is 10.6 Å². The number of carbonyl (C=O) groups is 1. The summed E-state index contributed by atoms with van der Waals surface area (Å²) >= 11 is 0. The van der Waals surface area contributed by atoms with Gasteiger partial charge in [0.1, 0.15) is 5.60 Å². The maximum absolute atomic E-state index is 12.8. The summed E-state index contributed by atoms with van der Waals surface area (Å²) in [5.41, 5.74) is 0.511. The van der Waals surface area contributed by atoms with Crippen LogP contribution in [0.3, 0.4) is 0 Å². The van der Waals surface area contributed by atoms with Crippen LogP contribution in [0.4, 0.5) is 5.69 Å². The number of halogens is 1. The number of methoxy groups -OCH3 is 1. The van der Waals surface area contributed by atoms with Crippen LogP contribution in [0.1, 0.15) is 50.5 Å². The van der Waals surface area contributed by atoms with Crippen molar-refractivity contribution >= 4 is 33.8 Å². The van der Waals surface area contributed by atoms with Crippen LogP contribution in [0.25, 0.3) is 0 Å². The Morgan fingerprint density at radius 2 is 1.89 bits per heavy atom. The number of benzene rings is 1. The molecule has 2 N–H and O–H groups in total. The quantitative estimate of drug-likeness (QED) is 0.724. The number of hydrogen-bond acceptors (Lipinski definition) is 5. The first kappa shape index (κ1) is 23.1. The number of anilines is 1. The molecule has 8 heteroatoms. The zero-order chi connectivity index (χ0) is 19.3. The van der Waals surface area contributed by atoms with Gasteiger partial charge in [0.25, 0.3) is 5.91 Å². The first-order chi connectivity index (χ1) is 13.0. The monoisotopic (exact) mass is 430 g/mol. The number of nitrogens with one attached hydrogen (secondary N) is 2. The van der Waals surface area contributed by atoms with Gasteiger partial charge in [0.2, 0.25) is 0 Å². The van der Waals surface area contributed by atoms with E-state index < -0.39 is 15.4 Å². The number of piperidine rings is 1. The molecule has 158 valence electrons. The molecular weight excluding hydrogens is 400 g/mol. The highest BCUT2D eigenvalue weighted by Crippen LogP contribution is 2.28. The van der Waals surface area contributed by atoms with Crippen molar-refractivity contribution < 1.29 is 17.9 Å². The molecule has 1 aromatic rings. The lowest BCUT2D eigenvalue weighted by atomic mass is 9.91. The summed E-state index contributed by atoms with van der Waals surface area (Å²) in [7, 11) is -1.60. The second kappa shape index (κ2) is 10.1. The summed E-state index contributed by atoms with van der Waals surface area (Å²) in [4.78, 5) is 12.8. The van der Waals surface area contributed by atoms with E-state index in [9.17, 15) is 13.2 Å². The smallest absolute Gasteiger partial charge is 0.256 e. The van der Waals surface area contributed by atoms with Gasteiger partial charge in [-0.05, 0) is 56.5 Å². The predicted molar refractivity (Wildman–Crippen MR) is 114 cm³/mol. The second-order valence-electron chi connectivity index (χ2n) is 7.67. The number of hydrogen-bond donors (Lipinski definition) is 2. The lowest BCUT2D eigenvalue weighted by Crippen LogP contribution is -2.51. The molecule has 1 heterocycles. The minimum absolute atomic E-state index is 0. The van der Waals surface area contributed by atoms with Crippen LogP contribution in [0.5, 0.6) is 0 Å². The average Bonchev–Trinajstić information content (AvgIpc) is 2.69. The molecule has 3 rings (SSSR count). The fourth-order valence-electron chi connectivity index (χ4n) is 4.11. The van der Waals surface area contributed by atoms with Crippen LogP contribution >= 0.6 is 12.4 Å². The van der Waals surface area contributed by atoms with Gasteiger partial charge in [-0.1, -0.05) is 31.4 Å². The second-order valence-corrected chi connectivity index (χ2v) is 9.95. The van der Waals surface area contributed by atoms with Gasteiger partial charge in [-0.2, -0.15) is 0 Å². The van der Waals surface area contributed by atoms with E-state index in [-0.39, 0.29) is 29.3 Å². The van der Waals surface area contributed by atoms with E-state index in [1.54, 1.807) is 25.3 Å². The van der Waals surface area contributed by atoms with Crippen LogP contribution in [0.15, 0.2) is 24.3 Å². The van der Waals surface area contributed by atoms with Gasteiger partial charge in [-0.3, -0.25) is 4.79 Å². The Bertz CT molecular complexity index is 757. The largest absolute Gasteiger partial charge is 0.368 e. The van der Waals surface area contributed by atoms with Crippen molar-refractivity contribution in [2.75, 3.05) is 25.5 Å². The predicted octanol–water partition coefficient (Wildman–Crippen LogP) is 3.06. The van der Waals surface area contributed by atoms with Gasteiger partial charge in [0.15, 0.2) is 9.84 Å². The van der Waals surface area contributed by atoms with E-state index in [1.807, 2.05) is 6.07 Å². The summed E-state index contributed by atoms with van der Waals surface area (Å²) in [6, 6.07) is 7.16. The van der Waals surface area contributed by atoms with Gasteiger partial charge in [-0.15, -0.1) is 12.4 Å². The van der Waals surface area contributed by atoms with E-state index in [0.29, 0.717) is 18.5 Å². The molecule has 6 nitrogen and oxygen atoms in total. The molecule has 1 saturated carbocycles. The van der Waals surface area contributed by atoms with Crippen molar-refractivity contribution in [2.45, 2.75) is 61.5 Å². The Labute approximate surface area is 174 Å². The molecular formula is C20H31ClN2O4S. The molecule has 1 aliphatic carbocycles. The molecule has 0 aromatic heterocycles. The van der Waals surface area contributed by atoms with Crippen molar-refractivity contribution in [1.29, 1.82) is 0 Å². The maximum atomic E-state index is 12.8. The molecule has 1 saturated heterocycles. The van der Waals surface area contributed by atoms with Gasteiger partial charge < -0.3 is 15.4 Å². The van der Waals surface area contributed by atoms with Crippen LogP contribution in [-0.2, 0) is 25.1 Å². The molecule has 0 spiro atoms. The van der Waals surface area contributed by atoms with E-state index in [4.69, 9.17) is 4.74 Å². The highest BCUT2D eigenvalue weighted by molar-refractivity contribution is 7.91. The maximum Gasteiger partial charge on any atom is 0.256 e. The molecule has 0 bridgehead atoms. The Balaban J connectivity index is 0.00000280. The van der Waals surface area contributed by atoms with Crippen LogP contribution in [0.2, 0.25) is 0 Å². The summed E-state index contributed by atoms with van der Waals surface area (Å²) in [6.07, 6.45) is 5.88. The summed E-state index contributed by atoms with van der Waals surface area (Å²) in [5, 5.41) is 5.93. The number of amides is 1. The normalized spacial score (nSPS) is 20.2. The minimum Gasteiger partial charge on any atom is -0.368 e. The number of ether oxygens (including phenoxy) is 1. The van der Waals surface area contributed by atoms with Gasteiger partial charge in [0.05, 0.1) is 11.0 Å². The Morgan fingerprint density at radius 3 is 2.54 bits per heavy atom.